The van der Waals surface area contributed by atoms with E-state index in [4.69, 9.17) is 9.47 Å². The Kier molecular flexibility index (Phi) is 7.93. The molecular formula is C18H34N2O5. The second-order valence-electron chi connectivity index (χ2n) is 9.27. The molecule has 0 aromatic carbocycles. The van der Waals surface area contributed by atoms with Crippen molar-refractivity contribution in [1.29, 1.82) is 0 Å². The van der Waals surface area contributed by atoms with Gasteiger partial charge >= 0.3 is 12.1 Å². The van der Waals surface area contributed by atoms with Gasteiger partial charge in [0.15, 0.2) is 0 Å². The molecule has 1 atom stereocenters. The predicted molar refractivity (Wildman–Crippen MR) is 96.1 cm³/mol. The van der Waals surface area contributed by atoms with Crippen molar-refractivity contribution in [2.45, 2.75) is 86.0 Å². The van der Waals surface area contributed by atoms with Crippen LogP contribution in [-0.2, 0) is 19.1 Å². The molecule has 25 heavy (non-hydrogen) atoms. The van der Waals surface area contributed by atoms with Crippen LogP contribution in [0.25, 0.3) is 0 Å². The average molecular weight is 358 g/mol. The van der Waals surface area contributed by atoms with Crippen LogP contribution in [0.2, 0.25) is 0 Å². The van der Waals surface area contributed by atoms with E-state index in [-0.39, 0.29) is 17.7 Å². The molecule has 0 aliphatic heterocycles. The van der Waals surface area contributed by atoms with E-state index in [0.717, 1.165) is 0 Å². The number of hydrogen-bond acceptors (Lipinski definition) is 5. The van der Waals surface area contributed by atoms with Crippen molar-refractivity contribution < 1.29 is 23.9 Å². The highest BCUT2D eigenvalue weighted by Crippen LogP contribution is 2.13. The van der Waals surface area contributed by atoms with Crippen molar-refractivity contribution in [2.75, 3.05) is 6.54 Å². The molecule has 0 aromatic rings. The summed E-state index contributed by atoms with van der Waals surface area (Å²) in [5.74, 6) is -1.02. The largest absolute Gasteiger partial charge is 0.458 e. The number of alkyl carbamates (subject to hydrolysis) is 1. The molecule has 0 unspecified atom stereocenters. The third-order valence-electron chi connectivity index (χ3n) is 2.59. The molecule has 0 rings (SSSR count). The van der Waals surface area contributed by atoms with E-state index in [1.165, 1.54) is 0 Å². The van der Waals surface area contributed by atoms with Gasteiger partial charge in [-0.3, -0.25) is 4.79 Å². The highest BCUT2D eigenvalue weighted by Gasteiger charge is 2.30. The number of rotatable bonds is 5. The molecular weight excluding hydrogens is 324 g/mol. The molecule has 0 bridgehead atoms. The zero-order chi connectivity index (χ0) is 20.1. The van der Waals surface area contributed by atoms with Gasteiger partial charge in [0.25, 0.3) is 0 Å². The summed E-state index contributed by atoms with van der Waals surface area (Å²) in [6.45, 7) is 16.7. The van der Waals surface area contributed by atoms with Gasteiger partial charge in [0, 0.05) is 6.54 Å². The Morgan fingerprint density at radius 1 is 0.840 bits per heavy atom. The summed E-state index contributed by atoms with van der Waals surface area (Å²) in [6, 6.07) is -1.12. The lowest BCUT2D eigenvalue weighted by molar-refractivity contribution is -0.158. The van der Waals surface area contributed by atoms with Gasteiger partial charge in [-0.1, -0.05) is 20.8 Å². The molecule has 146 valence electrons. The molecule has 7 nitrogen and oxygen atoms in total. The molecule has 2 N–H and O–H groups in total. The standard InChI is InChI=1S/C18H34N2O5/c1-16(2,3)11-19-13(21)10-12(14(22)24-17(4,5)6)20-15(23)25-18(7,8)9/h12H,10-11H2,1-9H3,(H,19,21)(H,20,23)/t12-/m0/s1. The Morgan fingerprint density at radius 2 is 1.32 bits per heavy atom. The first-order chi connectivity index (χ1) is 11.0. The van der Waals surface area contributed by atoms with E-state index >= 15 is 0 Å². The summed E-state index contributed by atoms with van der Waals surface area (Å²) >= 11 is 0. The van der Waals surface area contributed by atoms with Crippen LogP contribution in [0.3, 0.4) is 0 Å². The number of carbonyl (C=O) groups is 3. The Bertz CT molecular complexity index is 481. The van der Waals surface area contributed by atoms with Crippen molar-refractivity contribution in [3.8, 4) is 0 Å². The highest BCUT2D eigenvalue weighted by atomic mass is 16.6. The quantitative estimate of drug-likeness (QED) is 0.737. The summed E-state index contributed by atoms with van der Waals surface area (Å²) in [5.41, 5.74) is -1.53. The second kappa shape index (κ2) is 8.54. The van der Waals surface area contributed by atoms with Gasteiger partial charge in [0.2, 0.25) is 5.91 Å². The van der Waals surface area contributed by atoms with E-state index in [9.17, 15) is 14.4 Å². The first-order valence-electron chi connectivity index (χ1n) is 8.48. The van der Waals surface area contributed by atoms with Crippen molar-refractivity contribution >= 4 is 18.0 Å². The molecule has 0 aliphatic carbocycles. The Morgan fingerprint density at radius 3 is 1.72 bits per heavy atom. The molecule has 0 aromatic heterocycles. The number of carbonyl (C=O) groups excluding carboxylic acids is 3. The van der Waals surface area contributed by atoms with Crippen molar-refractivity contribution in [2.24, 2.45) is 5.41 Å². The van der Waals surface area contributed by atoms with E-state index in [0.29, 0.717) is 6.54 Å². The molecule has 2 amide bonds. The maximum atomic E-state index is 12.3. The maximum absolute atomic E-state index is 12.3. The molecule has 0 spiro atoms. The second-order valence-corrected chi connectivity index (χ2v) is 9.27. The number of ether oxygens (including phenoxy) is 2. The van der Waals surface area contributed by atoms with Gasteiger partial charge in [0.1, 0.15) is 17.2 Å². The molecule has 0 saturated carbocycles. The monoisotopic (exact) mass is 358 g/mol. The van der Waals surface area contributed by atoms with Crippen LogP contribution in [0.5, 0.6) is 0 Å². The molecule has 0 aliphatic rings. The molecule has 0 radical (unpaired) electrons. The Labute approximate surface area is 151 Å². The Balaban J connectivity index is 4.98. The van der Waals surface area contributed by atoms with Gasteiger partial charge in [-0.05, 0) is 47.0 Å². The minimum atomic E-state index is -1.12. The summed E-state index contributed by atoms with van der Waals surface area (Å²) in [4.78, 5) is 36.4. The van der Waals surface area contributed by atoms with Crippen molar-refractivity contribution in [1.82, 2.24) is 10.6 Å². The predicted octanol–water partition coefficient (Wildman–Crippen LogP) is 2.77. The third kappa shape index (κ3) is 13.2. The summed E-state index contributed by atoms with van der Waals surface area (Å²) in [6.07, 6.45) is -0.989. The minimum Gasteiger partial charge on any atom is -0.458 e. The smallest absolute Gasteiger partial charge is 0.408 e. The van der Waals surface area contributed by atoms with Crippen LogP contribution < -0.4 is 10.6 Å². The first-order valence-corrected chi connectivity index (χ1v) is 8.48. The molecule has 7 heteroatoms. The van der Waals surface area contributed by atoms with Crippen molar-refractivity contribution in [3.05, 3.63) is 0 Å². The number of nitrogens with one attached hydrogen (secondary N) is 2. The molecule has 0 saturated heterocycles. The summed E-state index contributed by atoms with van der Waals surface area (Å²) in [5, 5.41) is 5.18. The topological polar surface area (TPSA) is 93.7 Å². The van der Waals surface area contributed by atoms with Crippen molar-refractivity contribution in [3.63, 3.8) is 0 Å². The van der Waals surface area contributed by atoms with Gasteiger partial charge in [-0.2, -0.15) is 0 Å². The van der Waals surface area contributed by atoms with Crippen LogP contribution in [0.15, 0.2) is 0 Å². The Hall–Kier alpha value is -1.79. The van der Waals surface area contributed by atoms with Crippen LogP contribution in [0, 0.1) is 5.41 Å². The minimum absolute atomic E-state index is 0.0876. The maximum Gasteiger partial charge on any atom is 0.408 e. The molecule has 0 heterocycles. The summed E-state index contributed by atoms with van der Waals surface area (Å²) in [7, 11) is 0. The average Bonchev–Trinajstić information content (AvgIpc) is 2.30. The fourth-order valence-corrected chi connectivity index (χ4v) is 1.64. The zero-order valence-corrected chi connectivity index (χ0v) is 17.0. The van der Waals surface area contributed by atoms with Gasteiger partial charge in [-0.25, -0.2) is 9.59 Å². The lowest BCUT2D eigenvalue weighted by Gasteiger charge is -2.26. The van der Waals surface area contributed by atoms with Crippen LogP contribution in [0.1, 0.15) is 68.7 Å². The van der Waals surface area contributed by atoms with Crippen LogP contribution in [0.4, 0.5) is 4.79 Å². The normalized spacial score (nSPS) is 13.6. The molecule has 0 fully saturated rings. The fourth-order valence-electron chi connectivity index (χ4n) is 1.64. The lowest BCUT2D eigenvalue weighted by atomic mass is 9.97. The lowest BCUT2D eigenvalue weighted by Crippen LogP contribution is -2.48. The van der Waals surface area contributed by atoms with E-state index < -0.39 is 29.3 Å². The van der Waals surface area contributed by atoms with Crippen LogP contribution in [-0.4, -0.2) is 41.8 Å². The first kappa shape index (κ1) is 23.2. The van der Waals surface area contributed by atoms with E-state index in [2.05, 4.69) is 10.6 Å². The highest BCUT2D eigenvalue weighted by molar-refractivity contribution is 5.88. The third-order valence-corrected chi connectivity index (χ3v) is 2.59. The van der Waals surface area contributed by atoms with E-state index in [1.807, 2.05) is 20.8 Å². The fraction of sp³-hybridized carbons (Fsp3) is 0.833. The van der Waals surface area contributed by atoms with Gasteiger partial charge < -0.3 is 20.1 Å². The van der Waals surface area contributed by atoms with Crippen LogP contribution >= 0.6 is 0 Å². The number of hydrogen-bond donors (Lipinski definition) is 2. The SMILES string of the molecule is CC(C)(C)CNC(=O)C[C@H](NC(=O)OC(C)(C)C)C(=O)OC(C)(C)C. The summed E-state index contributed by atoms with van der Waals surface area (Å²) < 4.78 is 10.4. The zero-order valence-electron chi connectivity index (χ0n) is 17.0. The van der Waals surface area contributed by atoms with Gasteiger partial charge in [0.05, 0.1) is 6.42 Å². The number of esters is 1. The van der Waals surface area contributed by atoms with E-state index in [1.54, 1.807) is 41.5 Å². The number of amides is 2. The van der Waals surface area contributed by atoms with Gasteiger partial charge in [-0.15, -0.1) is 0 Å².